The monoisotopic (exact) mass is 252 g/mol. The fourth-order valence-electron chi connectivity index (χ4n) is 2.22. The molecule has 1 aromatic rings. The first-order valence-corrected chi connectivity index (χ1v) is 6.33. The lowest BCUT2D eigenvalue weighted by Crippen LogP contribution is -2.52. The van der Waals surface area contributed by atoms with Gasteiger partial charge in [0, 0.05) is 25.3 Å². The summed E-state index contributed by atoms with van der Waals surface area (Å²) in [5.74, 6) is 0.494. The van der Waals surface area contributed by atoms with E-state index in [4.69, 9.17) is 5.73 Å². The van der Waals surface area contributed by atoms with Crippen molar-refractivity contribution in [3.63, 3.8) is 0 Å². The molecule has 0 saturated carbocycles. The van der Waals surface area contributed by atoms with E-state index in [0.29, 0.717) is 18.9 Å². The van der Waals surface area contributed by atoms with Gasteiger partial charge < -0.3 is 11.1 Å². The van der Waals surface area contributed by atoms with Crippen LogP contribution in [0, 0.1) is 5.92 Å². The van der Waals surface area contributed by atoms with Crippen molar-refractivity contribution in [1.29, 1.82) is 0 Å². The molecule has 5 nitrogen and oxygen atoms in total. The zero-order valence-electron chi connectivity index (χ0n) is 11.7. The fourth-order valence-corrected chi connectivity index (χ4v) is 2.22. The summed E-state index contributed by atoms with van der Waals surface area (Å²) in [5.41, 5.74) is 6.36. The molecule has 1 amide bonds. The van der Waals surface area contributed by atoms with E-state index in [2.05, 4.69) is 24.3 Å². The van der Waals surface area contributed by atoms with E-state index in [1.165, 1.54) is 0 Å². The average Bonchev–Trinajstić information content (AvgIpc) is 2.62. The number of aryl methyl sites for hydroxylation is 1. The van der Waals surface area contributed by atoms with E-state index < -0.39 is 0 Å². The summed E-state index contributed by atoms with van der Waals surface area (Å²) in [4.78, 5) is 12.0. The molecule has 0 aliphatic rings. The van der Waals surface area contributed by atoms with Crippen molar-refractivity contribution in [2.75, 3.05) is 6.54 Å². The highest BCUT2D eigenvalue weighted by Crippen LogP contribution is 2.15. The summed E-state index contributed by atoms with van der Waals surface area (Å²) in [5, 5.41) is 7.08. The van der Waals surface area contributed by atoms with Crippen LogP contribution in [0.15, 0.2) is 12.4 Å². The van der Waals surface area contributed by atoms with Crippen LogP contribution in [0.4, 0.5) is 0 Å². The fraction of sp³-hybridized carbons (Fsp3) is 0.692. The molecule has 1 atom stereocenters. The zero-order valence-corrected chi connectivity index (χ0v) is 11.7. The van der Waals surface area contributed by atoms with Gasteiger partial charge in [0.15, 0.2) is 0 Å². The van der Waals surface area contributed by atoms with Gasteiger partial charge in [-0.3, -0.25) is 9.48 Å². The Bertz CT molecular complexity index is 399. The smallest absolute Gasteiger partial charge is 0.225 e. The topological polar surface area (TPSA) is 72.9 Å². The Morgan fingerprint density at radius 2 is 2.28 bits per heavy atom. The van der Waals surface area contributed by atoms with Crippen LogP contribution in [-0.4, -0.2) is 27.8 Å². The lowest BCUT2D eigenvalue weighted by atomic mass is 9.90. The van der Waals surface area contributed by atoms with Crippen LogP contribution >= 0.6 is 0 Å². The number of rotatable bonds is 6. The molecule has 0 aromatic carbocycles. The van der Waals surface area contributed by atoms with Gasteiger partial charge in [0.05, 0.1) is 12.6 Å². The van der Waals surface area contributed by atoms with Gasteiger partial charge in [-0.15, -0.1) is 0 Å². The molecule has 0 aliphatic heterocycles. The van der Waals surface area contributed by atoms with Crippen molar-refractivity contribution in [1.82, 2.24) is 15.1 Å². The Morgan fingerprint density at radius 1 is 1.61 bits per heavy atom. The predicted octanol–water partition coefficient (Wildman–Crippen LogP) is 0.842. The molecule has 3 N–H and O–H groups in total. The second-order valence-electron chi connectivity index (χ2n) is 5.61. The second kappa shape index (κ2) is 6.00. The van der Waals surface area contributed by atoms with Crippen molar-refractivity contribution in [3.8, 4) is 0 Å². The molecule has 1 heterocycles. The number of hydrogen-bond acceptors (Lipinski definition) is 3. The number of aromatic nitrogens is 2. The number of nitrogens with two attached hydrogens (primary N) is 1. The number of carbonyl (C=O) groups excluding carboxylic acids is 1. The predicted molar refractivity (Wildman–Crippen MR) is 72.0 cm³/mol. The third-order valence-corrected chi connectivity index (χ3v) is 2.87. The summed E-state index contributed by atoms with van der Waals surface area (Å²) in [6.07, 6.45) is 4.79. The molecule has 0 saturated heterocycles. The van der Waals surface area contributed by atoms with Crippen LogP contribution in [-0.2, 0) is 18.3 Å². The molecule has 5 heteroatoms. The molecular weight excluding hydrogens is 228 g/mol. The van der Waals surface area contributed by atoms with E-state index in [1.807, 2.05) is 20.2 Å². The Labute approximate surface area is 109 Å². The Morgan fingerprint density at radius 3 is 2.72 bits per heavy atom. The zero-order chi connectivity index (χ0) is 13.8. The van der Waals surface area contributed by atoms with Crippen LogP contribution in [0.2, 0.25) is 0 Å². The third kappa shape index (κ3) is 4.49. The molecule has 102 valence electrons. The quantitative estimate of drug-likeness (QED) is 0.788. The Hall–Kier alpha value is -1.36. The van der Waals surface area contributed by atoms with Crippen LogP contribution < -0.4 is 11.1 Å². The summed E-state index contributed by atoms with van der Waals surface area (Å²) < 4.78 is 1.69. The molecule has 0 bridgehead atoms. The van der Waals surface area contributed by atoms with Gasteiger partial charge >= 0.3 is 0 Å². The minimum Gasteiger partial charge on any atom is -0.349 e. The standard InChI is InChI=1S/C13H24N4O/c1-10(2)6-13(3,9-14)16-12(18)5-11-7-15-17(4)8-11/h7-8,10H,5-6,9,14H2,1-4H3,(H,16,18). The van der Waals surface area contributed by atoms with Gasteiger partial charge in [-0.25, -0.2) is 0 Å². The summed E-state index contributed by atoms with van der Waals surface area (Å²) in [7, 11) is 1.84. The van der Waals surface area contributed by atoms with Crippen LogP contribution in [0.5, 0.6) is 0 Å². The Balaban J connectivity index is 2.57. The first-order chi connectivity index (χ1) is 8.34. The summed E-state index contributed by atoms with van der Waals surface area (Å²) >= 11 is 0. The van der Waals surface area contributed by atoms with E-state index in [1.54, 1.807) is 10.9 Å². The van der Waals surface area contributed by atoms with Gasteiger partial charge in [0.25, 0.3) is 0 Å². The first-order valence-electron chi connectivity index (χ1n) is 6.33. The third-order valence-electron chi connectivity index (χ3n) is 2.87. The van der Waals surface area contributed by atoms with Crippen LogP contribution in [0.25, 0.3) is 0 Å². The molecule has 0 spiro atoms. The van der Waals surface area contributed by atoms with Crippen LogP contribution in [0.1, 0.15) is 32.8 Å². The van der Waals surface area contributed by atoms with E-state index >= 15 is 0 Å². The highest BCUT2D eigenvalue weighted by molar-refractivity contribution is 5.79. The van der Waals surface area contributed by atoms with Gasteiger partial charge in [-0.05, 0) is 24.8 Å². The van der Waals surface area contributed by atoms with Crippen molar-refractivity contribution in [3.05, 3.63) is 18.0 Å². The lowest BCUT2D eigenvalue weighted by molar-refractivity contribution is -0.122. The molecule has 18 heavy (non-hydrogen) atoms. The molecule has 0 aliphatic carbocycles. The maximum absolute atomic E-state index is 12.0. The van der Waals surface area contributed by atoms with Gasteiger partial charge in [0.2, 0.25) is 5.91 Å². The van der Waals surface area contributed by atoms with E-state index in [9.17, 15) is 4.79 Å². The van der Waals surface area contributed by atoms with Crippen molar-refractivity contribution in [2.45, 2.75) is 39.2 Å². The number of carbonyl (C=O) groups is 1. The molecule has 0 radical (unpaired) electrons. The van der Waals surface area contributed by atoms with E-state index in [0.717, 1.165) is 12.0 Å². The van der Waals surface area contributed by atoms with Crippen LogP contribution in [0.3, 0.4) is 0 Å². The number of hydrogen-bond donors (Lipinski definition) is 2. The summed E-state index contributed by atoms with van der Waals surface area (Å²) in [6, 6.07) is 0. The molecular formula is C13H24N4O. The SMILES string of the molecule is CC(C)CC(C)(CN)NC(=O)Cc1cnn(C)c1. The van der Waals surface area contributed by atoms with Crippen molar-refractivity contribution < 1.29 is 4.79 Å². The van der Waals surface area contributed by atoms with Gasteiger partial charge in [0.1, 0.15) is 0 Å². The first kappa shape index (κ1) is 14.7. The Kier molecular flexibility index (Phi) is 4.90. The van der Waals surface area contributed by atoms with Gasteiger partial charge in [-0.1, -0.05) is 13.8 Å². The molecule has 1 aromatic heterocycles. The normalized spacial score (nSPS) is 14.6. The number of amides is 1. The highest BCUT2D eigenvalue weighted by atomic mass is 16.1. The maximum atomic E-state index is 12.0. The highest BCUT2D eigenvalue weighted by Gasteiger charge is 2.25. The van der Waals surface area contributed by atoms with E-state index in [-0.39, 0.29) is 11.4 Å². The van der Waals surface area contributed by atoms with Crippen molar-refractivity contribution >= 4 is 5.91 Å². The van der Waals surface area contributed by atoms with Gasteiger partial charge in [-0.2, -0.15) is 5.10 Å². The maximum Gasteiger partial charge on any atom is 0.225 e. The minimum absolute atomic E-state index is 0.00315. The van der Waals surface area contributed by atoms with Crippen molar-refractivity contribution in [2.24, 2.45) is 18.7 Å². The largest absolute Gasteiger partial charge is 0.349 e. The molecule has 1 unspecified atom stereocenters. The lowest BCUT2D eigenvalue weighted by Gasteiger charge is -2.31. The number of nitrogens with zero attached hydrogens (tertiary/aromatic N) is 2. The number of nitrogens with one attached hydrogen (secondary N) is 1. The average molecular weight is 252 g/mol. The minimum atomic E-state index is -0.326. The molecule has 1 rings (SSSR count). The molecule has 0 fully saturated rings. The second-order valence-corrected chi connectivity index (χ2v) is 5.61. The summed E-state index contributed by atoms with van der Waals surface area (Å²) in [6.45, 7) is 6.69.